The Bertz CT molecular complexity index is 1410. The first-order valence-electron chi connectivity index (χ1n) is 11.5. The minimum atomic E-state index is -4.67. The predicted octanol–water partition coefficient (Wildman–Crippen LogP) is 5.14. The lowest BCUT2D eigenvalue weighted by Gasteiger charge is -2.34. The molecule has 1 aliphatic heterocycles. The highest BCUT2D eigenvalue weighted by Gasteiger charge is 2.36. The second kappa shape index (κ2) is 9.62. The van der Waals surface area contributed by atoms with Crippen molar-refractivity contribution >= 4 is 22.9 Å². The molecule has 4 heterocycles. The van der Waals surface area contributed by atoms with Gasteiger partial charge in [-0.15, -0.1) is 11.3 Å². The topological polar surface area (TPSA) is 53.7 Å². The molecule has 0 atom stereocenters. The Labute approximate surface area is 208 Å². The molecule has 6 nitrogen and oxygen atoms in total. The number of amides is 1. The number of carbonyl (C=O) groups excluding carboxylic acids is 1. The van der Waals surface area contributed by atoms with E-state index in [1.807, 2.05) is 19.1 Å². The van der Waals surface area contributed by atoms with Gasteiger partial charge in [-0.25, -0.2) is 13.9 Å². The molecule has 1 aliphatic rings. The monoisotopic (exact) mass is 517 g/mol. The van der Waals surface area contributed by atoms with Gasteiger partial charge in [-0.3, -0.25) is 9.69 Å². The second-order valence-electron chi connectivity index (χ2n) is 8.64. The van der Waals surface area contributed by atoms with Crippen LogP contribution in [0.25, 0.3) is 16.2 Å². The Balaban J connectivity index is 1.37. The SMILES string of the molecule is CCc1ccc(-c2cc(C(F)(F)F)n3nc(C(=O)N4CCN(Cc5cccc(F)c5)CC4)cc3n2)s1. The van der Waals surface area contributed by atoms with Crippen LogP contribution in [0.2, 0.25) is 0 Å². The highest BCUT2D eigenvalue weighted by atomic mass is 32.1. The van der Waals surface area contributed by atoms with Crippen LogP contribution in [-0.4, -0.2) is 56.5 Å². The van der Waals surface area contributed by atoms with E-state index < -0.39 is 17.8 Å². The number of fused-ring (bicyclic) bond motifs is 1. The summed E-state index contributed by atoms with van der Waals surface area (Å²) in [6.07, 6.45) is -3.89. The number of aryl methyl sites for hydroxylation is 1. The summed E-state index contributed by atoms with van der Waals surface area (Å²) in [5, 5.41) is 4.00. The zero-order valence-electron chi connectivity index (χ0n) is 19.4. The third kappa shape index (κ3) is 4.98. The molecule has 36 heavy (non-hydrogen) atoms. The number of aromatic nitrogens is 3. The van der Waals surface area contributed by atoms with Gasteiger partial charge in [0.1, 0.15) is 5.82 Å². The lowest BCUT2D eigenvalue weighted by molar-refractivity contribution is -0.142. The molecule has 188 valence electrons. The molecule has 3 aromatic heterocycles. The number of rotatable bonds is 5. The van der Waals surface area contributed by atoms with E-state index in [0.29, 0.717) is 42.1 Å². The first-order valence-corrected chi connectivity index (χ1v) is 12.4. The van der Waals surface area contributed by atoms with Crippen molar-refractivity contribution in [1.82, 2.24) is 24.4 Å². The highest BCUT2D eigenvalue weighted by Crippen LogP contribution is 2.34. The van der Waals surface area contributed by atoms with E-state index in [9.17, 15) is 22.4 Å². The minimum Gasteiger partial charge on any atom is -0.335 e. The molecule has 0 bridgehead atoms. The molecule has 1 saturated heterocycles. The van der Waals surface area contributed by atoms with Crippen molar-refractivity contribution in [3.63, 3.8) is 0 Å². The summed E-state index contributed by atoms with van der Waals surface area (Å²) in [6.45, 7) is 4.43. The third-order valence-corrected chi connectivity index (χ3v) is 7.41. The molecule has 1 amide bonds. The predicted molar refractivity (Wildman–Crippen MR) is 128 cm³/mol. The Kier molecular flexibility index (Phi) is 6.52. The van der Waals surface area contributed by atoms with Crippen LogP contribution in [0.3, 0.4) is 0 Å². The van der Waals surface area contributed by atoms with Gasteiger partial charge in [0.15, 0.2) is 17.0 Å². The van der Waals surface area contributed by atoms with Gasteiger partial charge >= 0.3 is 6.18 Å². The van der Waals surface area contributed by atoms with E-state index in [1.54, 1.807) is 17.0 Å². The smallest absolute Gasteiger partial charge is 0.335 e. The van der Waals surface area contributed by atoms with Crippen LogP contribution >= 0.6 is 11.3 Å². The number of hydrogen-bond acceptors (Lipinski definition) is 5. The van der Waals surface area contributed by atoms with Crippen molar-refractivity contribution < 1.29 is 22.4 Å². The summed E-state index contributed by atoms with van der Waals surface area (Å²) in [4.78, 5) is 22.8. The molecule has 11 heteroatoms. The Hall–Kier alpha value is -3.31. The Morgan fingerprint density at radius 1 is 1.06 bits per heavy atom. The molecule has 1 fully saturated rings. The van der Waals surface area contributed by atoms with Crippen LogP contribution in [0.5, 0.6) is 0 Å². The molecule has 0 radical (unpaired) electrons. The van der Waals surface area contributed by atoms with Gasteiger partial charge in [-0.2, -0.15) is 18.3 Å². The van der Waals surface area contributed by atoms with Gasteiger partial charge < -0.3 is 4.90 Å². The lowest BCUT2D eigenvalue weighted by Crippen LogP contribution is -2.48. The van der Waals surface area contributed by atoms with E-state index in [0.717, 1.165) is 22.9 Å². The van der Waals surface area contributed by atoms with Crippen LogP contribution in [-0.2, 0) is 19.1 Å². The molecular formula is C25H23F4N5OS. The fraction of sp³-hybridized carbons (Fsp3) is 0.320. The van der Waals surface area contributed by atoms with E-state index in [-0.39, 0.29) is 22.9 Å². The molecule has 0 spiro atoms. The number of carbonyl (C=O) groups is 1. The molecule has 0 aliphatic carbocycles. The van der Waals surface area contributed by atoms with Crippen molar-refractivity contribution in [2.75, 3.05) is 26.2 Å². The van der Waals surface area contributed by atoms with Gasteiger partial charge in [0.05, 0.1) is 10.6 Å². The van der Waals surface area contributed by atoms with Crippen molar-refractivity contribution in [2.45, 2.75) is 26.1 Å². The summed E-state index contributed by atoms with van der Waals surface area (Å²) in [6, 6.07) is 12.3. The number of piperazine rings is 1. The zero-order valence-corrected chi connectivity index (χ0v) is 20.2. The number of halogens is 4. The third-order valence-electron chi connectivity index (χ3n) is 6.15. The minimum absolute atomic E-state index is 0.0284. The first kappa shape index (κ1) is 24.4. The molecule has 0 unspecified atom stereocenters. The molecule has 0 saturated carbocycles. The molecule has 0 N–H and O–H groups in total. The molecule has 1 aromatic carbocycles. The highest BCUT2D eigenvalue weighted by molar-refractivity contribution is 7.15. The Morgan fingerprint density at radius 2 is 1.83 bits per heavy atom. The van der Waals surface area contributed by atoms with Crippen LogP contribution in [0.15, 0.2) is 48.5 Å². The fourth-order valence-corrected chi connectivity index (χ4v) is 5.19. The van der Waals surface area contributed by atoms with Gasteiger partial charge in [0.2, 0.25) is 0 Å². The van der Waals surface area contributed by atoms with Crippen molar-refractivity contribution in [3.8, 4) is 10.6 Å². The summed E-state index contributed by atoms with van der Waals surface area (Å²) in [5.74, 6) is -0.738. The average molecular weight is 518 g/mol. The van der Waals surface area contributed by atoms with Crippen LogP contribution in [0.1, 0.15) is 33.5 Å². The van der Waals surface area contributed by atoms with Crippen LogP contribution in [0.4, 0.5) is 17.6 Å². The second-order valence-corrected chi connectivity index (χ2v) is 9.81. The van der Waals surface area contributed by atoms with Crippen molar-refractivity contribution in [3.05, 3.63) is 76.2 Å². The van der Waals surface area contributed by atoms with E-state index >= 15 is 0 Å². The standard InChI is InChI=1S/C25H23F4N5OS/c1-2-18-6-7-21(36-18)19-13-22(25(27,28)29)34-23(30-19)14-20(31-34)24(35)33-10-8-32(9-11-33)15-16-4-3-5-17(26)12-16/h3-7,12-14H,2,8-11,15H2,1H3. The maximum Gasteiger partial charge on any atom is 0.433 e. The number of thiophene rings is 1. The summed E-state index contributed by atoms with van der Waals surface area (Å²) < 4.78 is 55.8. The van der Waals surface area contributed by atoms with Gasteiger partial charge in [0.25, 0.3) is 5.91 Å². The van der Waals surface area contributed by atoms with Crippen LogP contribution in [0, 0.1) is 5.82 Å². The van der Waals surface area contributed by atoms with Crippen molar-refractivity contribution in [2.24, 2.45) is 0 Å². The Morgan fingerprint density at radius 3 is 2.50 bits per heavy atom. The normalized spacial score (nSPS) is 15.1. The van der Waals surface area contributed by atoms with E-state index in [1.165, 1.54) is 29.5 Å². The molecule has 5 rings (SSSR count). The summed E-state index contributed by atoms with van der Waals surface area (Å²) in [7, 11) is 0. The summed E-state index contributed by atoms with van der Waals surface area (Å²) in [5.41, 5.74) is -0.0469. The molecule has 4 aromatic rings. The number of hydrogen-bond donors (Lipinski definition) is 0. The van der Waals surface area contributed by atoms with Gasteiger partial charge in [-0.05, 0) is 42.3 Å². The maximum absolute atomic E-state index is 13.9. The molecular weight excluding hydrogens is 494 g/mol. The van der Waals surface area contributed by atoms with E-state index in [4.69, 9.17) is 0 Å². The fourth-order valence-electron chi connectivity index (χ4n) is 4.28. The largest absolute Gasteiger partial charge is 0.433 e. The zero-order chi connectivity index (χ0) is 25.4. The summed E-state index contributed by atoms with van der Waals surface area (Å²) >= 11 is 1.39. The quantitative estimate of drug-likeness (QED) is 0.344. The van der Waals surface area contributed by atoms with Gasteiger partial charge in [-0.1, -0.05) is 19.1 Å². The average Bonchev–Trinajstić information content (AvgIpc) is 3.50. The first-order chi connectivity index (χ1) is 17.2. The number of nitrogens with zero attached hydrogens (tertiary/aromatic N) is 5. The number of alkyl halides is 3. The number of benzene rings is 1. The maximum atomic E-state index is 13.9. The van der Waals surface area contributed by atoms with Crippen LogP contribution < -0.4 is 0 Å². The van der Waals surface area contributed by atoms with Crippen molar-refractivity contribution in [1.29, 1.82) is 0 Å². The van der Waals surface area contributed by atoms with E-state index in [2.05, 4.69) is 15.0 Å². The van der Waals surface area contributed by atoms with Gasteiger partial charge in [0, 0.05) is 43.7 Å². The lowest BCUT2D eigenvalue weighted by atomic mass is 10.2.